The minimum Gasteiger partial charge on any atom is -0.394 e. The SMILES string of the molecule is O=CCCC(O)C(O)C(O)CO. The van der Waals surface area contributed by atoms with Crippen molar-refractivity contribution >= 4 is 6.29 Å². The number of aldehydes is 1. The number of hydrogen-bond acceptors (Lipinski definition) is 5. The Bertz CT molecular complexity index is 127. The summed E-state index contributed by atoms with van der Waals surface area (Å²) in [5.74, 6) is 0. The van der Waals surface area contributed by atoms with Crippen molar-refractivity contribution in [3.05, 3.63) is 0 Å². The normalized spacial score (nSPS) is 18.3. The van der Waals surface area contributed by atoms with Crippen LogP contribution in [0.3, 0.4) is 0 Å². The van der Waals surface area contributed by atoms with Crippen LogP contribution in [0, 0.1) is 0 Å². The topological polar surface area (TPSA) is 98.0 Å². The first kappa shape index (κ1) is 11.5. The molecule has 72 valence electrons. The van der Waals surface area contributed by atoms with Gasteiger partial charge >= 0.3 is 0 Å². The van der Waals surface area contributed by atoms with E-state index in [1.54, 1.807) is 0 Å². The third-order valence-electron chi connectivity index (χ3n) is 1.56. The van der Waals surface area contributed by atoms with Crippen molar-refractivity contribution < 1.29 is 25.2 Å². The van der Waals surface area contributed by atoms with Gasteiger partial charge in [-0.3, -0.25) is 0 Å². The smallest absolute Gasteiger partial charge is 0.120 e. The number of hydrogen-bond donors (Lipinski definition) is 4. The molecule has 0 aromatic carbocycles. The van der Waals surface area contributed by atoms with Gasteiger partial charge in [0, 0.05) is 6.42 Å². The molecule has 4 N–H and O–H groups in total. The van der Waals surface area contributed by atoms with E-state index >= 15 is 0 Å². The van der Waals surface area contributed by atoms with Crippen molar-refractivity contribution in [2.75, 3.05) is 6.61 Å². The highest BCUT2D eigenvalue weighted by Crippen LogP contribution is 2.05. The average Bonchev–Trinajstić information content (AvgIpc) is 2.11. The van der Waals surface area contributed by atoms with E-state index in [4.69, 9.17) is 20.4 Å². The summed E-state index contributed by atoms with van der Waals surface area (Å²) in [7, 11) is 0. The Balaban J connectivity index is 3.74. The zero-order valence-electron chi connectivity index (χ0n) is 6.63. The van der Waals surface area contributed by atoms with Crippen molar-refractivity contribution in [2.24, 2.45) is 0 Å². The van der Waals surface area contributed by atoms with E-state index in [1.165, 1.54) is 0 Å². The van der Waals surface area contributed by atoms with Gasteiger partial charge in [-0.2, -0.15) is 0 Å². The molecule has 0 bridgehead atoms. The summed E-state index contributed by atoms with van der Waals surface area (Å²) in [5.41, 5.74) is 0. The van der Waals surface area contributed by atoms with E-state index in [-0.39, 0.29) is 12.8 Å². The Hall–Kier alpha value is -0.490. The minimum atomic E-state index is -1.39. The van der Waals surface area contributed by atoms with Crippen LogP contribution in [0.5, 0.6) is 0 Å². The van der Waals surface area contributed by atoms with Gasteiger partial charge in [0.05, 0.1) is 12.7 Å². The molecule has 0 radical (unpaired) electrons. The molecule has 0 aliphatic rings. The van der Waals surface area contributed by atoms with E-state index in [0.717, 1.165) is 0 Å². The van der Waals surface area contributed by atoms with Crippen LogP contribution in [-0.2, 0) is 4.79 Å². The molecule has 5 nitrogen and oxygen atoms in total. The van der Waals surface area contributed by atoms with E-state index in [1.807, 2.05) is 0 Å². The lowest BCUT2D eigenvalue weighted by atomic mass is 10.0. The molecular weight excluding hydrogens is 164 g/mol. The van der Waals surface area contributed by atoms with E-state index in [0.29, 0.717) is 6.29 Å². The summed E-state index contributed by atoms with van der Waals surface area (Å²) in [4.78, 5) is 9.87. The highest BCUT2D eigenvalue weighted by Gasteiger charge is 2.23. The summed E-state index contributed by atoms with van der Waals surface area (Å²) in [6.45, 7) is -0.612. The van der Waals surface area contributed by atoms with Crippen LogP contribution in [0.2, 0.25) is 0 Å². The van der Waals surface area contributed by atoms with Crippen molar-refractivity contribution in [3.8, 4) is 0 Å². The van der Waals surface area contributed by atoms with Crippen molar-refractivity contribution in [1.82, 2.24) is 0 Å². The van der Waals surface area contributed by atoms with Crippen LogP contribution in [0.15, 0.2) is 0 Å². The fourth-order valence-electron chi connectivity index (χ4n) is 0.774. The first-order chi connectivity index (χ1) is 5.63. The number of carbonyl (C=O) groups is 1. The van der Waals surface area contributed by atoms with E-state index in [9.17, 15) is 4.79 Å². The number of aliphatic hydroxyl groups is 4. The standard InChI is InChI=1S/C7H14O5/c8-3-1-2-5(10)7(12)6(11)4-9/h3,5-7,9-12H,1-2,4H2. The molecule has 0 saturated heterocycles. The molecular formula is C7H14O5. The van der Waals surface area contributed by atoms with E-state index < -0.39 is 24.9 Å². The van der Waals surface area contributed by atoms with Gasteiger partial charge in [-0.25, -0.2) is 0 Å². The van der Waals surface area contributed by atoms with Gasteiger partial charge < -0.3 is 25.2 Å². The summed E-state index contributed by atoms with van der Waals surface area (Å²) in [6, 6.07) is 0. The first-order valence-electron chi connectivity index (χ1n) is 3.72. The third-order valence-corrected chi connectivity index (χ3v) is 1.56. The second-order valence-corrected chi connectivity index (χ2v) is 2.55. The Kier molecular flexibility index (Phi) is 5.83. The Morgan fingerprint density at radius 1 is 1.17 bits per heavy atom. The zero-order valence-corrected chi connectivity index (χ0v) is 6.63. The number of carbonyl (C=O) groups excluding carboxylic acids is 1. The molecule has 0 aromatic heterocycles. The maximum atomic E-state index is 9.87. The Morgan fingerprint density at radius 2 is 1.75 bits per heavy atom. The van der Waals surface area contributed by atoms with Gasteiger partial charge in [0.25, 0.3) is 0 Å². The molecule has 12 heavy (non-hydrogen) atoms. The second-order valence-electron chi connectivity index (χ2n) is 2.55. The molecule has 0 heterocycles. The molecule has 0 aliphatic carbocycles. The molecule has 3 unspecified atom stereocenters. The lowest BCUT2D eigenvalue weighted by Crippen LogP contribution is -2.39. The fraction of sp³-hybridized carbons (Fsp3) is 0.857. The van der Waals surface area contributed by atoms with Crippen LogP contribution >= 0.6 is 0 Å². The molecule has 0 aromatic rings. The molecule has 3 atom stereocenters. The van der Waals surface area contributed by atoms with Crippen molar-refractivity contribution in [3.63, 3.8) is 0 Å². The largest absolute Gasteiger partial charge is 0.394 e. The highest BCUT2D eigenvalue weighted by molar-refractivity contribution is 5.49. The quantitative estimate of drug-likeness (QED) is 0.354. The molecule has 0 rings (SSSR count). The molecule has 0 spiro atoms. The average molecular weight is 178 g/mol. The van der Waals surface area contributed by atoms with Crippen LogP contribution in [-0.4, -0.2) is 51.6 Å². The van der Waals surface area contributed by atoms with Gasteiger partial charge in [0.15, 0.2) is 0 Å². The molecule has 5 heteroatoms. The van der Waals surface area contributed by atoms with Gasteiger partial charge in [0.1, 0.15) is 18.5 Å². The Morgan fingerprint density at radius 3 is 2.17 bits per heavy atom. The Labute approximate surface area is 70.3 Å². The van der Waals surface area contributed by atoms with Crippen molar-refractivity contribution in [2.45, 2.75) is 31.2 Å². The van der Waals surface area contributed by atoms with Gasteiger partial charge in [0.2, 0.25) is 0 Å². The summed E-state index contributed by atoms with van der Waals surface area (Å²) in [6.07, 6.45) is -3.10. The fourth-order valence-corrected chi connectivity index (χ4v) is 0.774. The number of aliphatic hydroxyl groups excluding tert-OH is 4. The minimum absolute atomic E-state index is 0.0850. The summed E-state index contributed by atoms with van der Waals surface area (Å²) >= 11 is 0. The monoisotopic (exact) mass is 178 g/mol. The predicted molar refractivity (Wildman–Crippen MR) is 40.4 cm³/mol. The van der Waals surface area contributed by atoms with Gasteiger partial charge in [-0.15, -0.1) is 0 Å². The van der Waals surface area contributed by atoms with Crippen molar-refractivity contribution in [1.29, 1.82) is 0 Å². The first-order valence-corrected chi connectivity index (χ1v) is 3.72. The van der Waals surface area contributed by atoms with Gasteiger partial charge in [-0.1, -0.05) is 0 Å². The summed E-state index contributed by atoms with van der Waals surface area (Å²) < 4.78 is 0. The van der Waals surface area contributed by atoms with Crippen LogP contribution < -0.4 is 0 Å². The second kappa shape index (κ2) is 6.07. The molecule has 0 aliphatic heterocycles. The summed E-state index contributed by atoms with van der Waals surface area (Å²) in [5, 5.41) is 35.3. The highest BCUT2D eigenvalue weighted by atomic mass is 16.4. The zero-order chi connectivity index (χ0) is 9.56. The van der Waals surface area contributed by atoms with E-state index in [2.05, 4.69) is 0 Å². The lowest BCUT2D eigenvalue weighted by molar-refractivity contribution is -0.110. The molecule has 0 saturated carbocycles. The van der Waals surface area contributed by atoms with Gasteiger partial charge in [-0.05, 0) is 6.42 Å². The lowest BCUT2D eigenvalue weighted by Gasteiger charge is -2.20. The molecule has 0 fully saturated rings. The third kappa shape index (κ3) is 3.77. The maximum Gasteiger partial charge on any atom is 0.120 e. The number of rotatable bonds is 6. The maximum absolute atomic E-state index is 9.87. The van der Waals surface area contributed by atoms with Crippen LogP contribution in [0.1, 0.15) is 12.8 Å². The predicted octanol–water partition coefficient (Wildman–Crippen LogP) is -1.96. The van der Waals surface area contributed by atoms with Crippen LogP contribution in [0.4, 0.5) is 0 Å². The molecule has 0 amide bonds. The van der Waals surface area contributed by atoms with Crippen LogP contribution in [0.25, 0.3) is 0 Å².